The van der Waals surface area contributed by atoms with Gasteiger partial charge in [-0.3, -0.25) is 9.35 Å². The van der Waals surface area contributed by atoms with Gasteiger partial charge in [-0.05, 0) is 42.3 Å². The number of rotatable bonds is 2. The molecule has 122 valence electrons. The Labute approximate surface area is 138 Å². The molecule has 0 saturated carbocycles. The SMILES string of the molecule is O=C1c2[nH]c3ccc(S(=O)(=O)O)cc3c2CCN1c1ccccc1. The number of aromatic amines is 1. The first-order valence-corrected chi connectivity index (χ1v) is 8.88. The van der Waals surface area contributed by atoms with Crippen LogP contribution in [0.3, 0.4) is 0 Å². The first-order valence-electron chi connectivity index (χ1n) is 7.44. The van der Waals surface area contributed by atoms with Crippen molar-refractivity contribution >= 4 is 32.6 Å². The fourth-order valence-electron chi connectivity index (χ4n) is 3.14. The highest BCUT2D eigenvalue weighted by Crippen LogP contribution is 2.31. The molecule has 0 spiro atoms. The first-order chi connectivity index (χ1) is 11.4. The lowest BCUT2D eigenvalue weighted by atomic mass is 10.0. The molecular weight excluding hydrogens is 328 g/mol. The Morgan fingerprint density at radius 3 is 2.54 bits per heavy atom. The third-order valence-electron chi connectivity index (χ3n) is 4.29. The van der Waals surface area contributed by atoms with E-state index >= 15 is 0 Å². The average molecular weight is 342 g/mol. The van der Waals surface area contributed by atoms with E-state index in [9.17, 15) is 17.8 Å². The van der Waals surface area contributed by atoms with Crippen molar-refractivity contribution in [2.24, 2.45) is 0 Å². The number of para-hydroxylation sites is 1. The van der Waals surface area contributed by atoms with E-state index in [1.54, 1.807) is 11.0 Å². The Morgan fingerprint density at radius 2 is 1.83 bits per heavy atom. The van der Waals surface area contributed by atoms with Gasteiger partial charge in [0.05, 0.1) is 4.90 Å². The molecule has 3 aromatic rings. The van der Waals surface area contributed by atoms with Crippen LogP contribution in [-0.4, -0.2) is 30.4 Å². The van der Waals surface area contributed by atoms with Crippen LogP contribution in [0, 0.1) is 0 Å². The summed E-state index contributed by atoms with van der Waals surface area (Å²) in [6.07, 6.45) is 0.602. The number of nitrogens with zero attached hydrogens (tertiary/aromatic N) is 1. The van der Waals surface area contributed by atoms with E-state index in [0.717, 1.165) is 11.3 Å². The minimum Gasteiger partial charge on any atom is -0.350 e. The number of amides is 1. The van der Waals surface area contributed by atoms with Crippen molar-refractivity contribution in [1.29, 1.82) is 0 Å². The summed E-state index contributed by atoms with van der Waals surface area (Å²) in [4.78, 5) is 17.4. The monoisotopic (exact) mass is 342 g/mol. The zero-order valence-electron chi connectivity index (χ0n) is 12.6. The topological polar surface area (TPSA) is 90.5 Å². The van der Waals surface area contributed by atoms with Gasteiger partial charge in [0.2, 0.25) is 0 Å². The van der Waals surface area contributed by atoms with Gasteiger partial charge in [-0.2, -0.15) is 8.42 Å². The molecule has 24 heavy (non-hydrogen) atoms. The number of carbonyl (C=O) groups is 1. The standard InChI is InChI=1S/C17H14N2O4S/c20-17-16-13(8-9-19(17)11-4-2-1-3-5-11)14-10-12(24(21,22)23)6-7-15(14)18-16/h1-7,10,18H,8-9H2,(H,21,22,23). The third kappa shape index (κ3) is 2.29. The van der Waals surface area contributed by atoms with Crippen LogP contribution in [0.4, 0.5) is 5.69 Å². The van der Waals surface area contributed by atoms with Crippen molar-refractivity contribution in [3.63, 3.8) is 0 Å². The van der Waals surface area contributed by atoms with Gasteiger partial charge in [-0.25, -0.2) is 0 Å². The molecule has 4 rings (SSSR count). The molecule has 0 aliphatic carbocycles. The maximum absolute atomic E-state index is 12.8. The number of anilines is 1. The fraction of sp³-hybridized carbons (Fsp3) is 0.118. The predicted octanol–water partition coefficient (Wildman–Crippen LogP) is 2.62. The minimum atomic E-state index is -4.28. The zero-order valence-corrected chi connectivity index (χ0v) is 13.4. The number of carbonyl (C=O) groups excluding carboxylic acids is 1. The summed E-state index contributed by atoms with van der Waals surface area (Å²) < 4.78 is 31.9. The second-order valence-electron chi connectivity index (χ2n) is 5.70. The van der Waals surface area contributed by atoms with Crippen LogP contribution in [0.1, 0.15) is 16.1 Å². The van der Waals surface area contributed by atoms with E-state index < -0.39 is 10.1 Å². The average Bonchev–Trinajstić information content (AvgIpc) is 2.94. The van der Waals surface area contributed by atoms with E-state index in [1.807, 2.05) is 30.3 Å². The molecule has 7 heteroatoms. The normalized spacial score (nSPS) is 14.9. The second kappa shape index (κ2) is 5.19. The summed E-state index contributed by atoms with van der Waals surface area (Å²) in [5.41, 5.74) is 2.75. The number of fused-ring (bicyclic) bond motifs is 3. The molecule has 1 aromatic heterocycles. The van der Waals surface area contributed by atoms with Gasteiger partial charge < -0.3 is 9.88 Å². The van der Waals surface area contributed by atoms with Crippen LogP contribution in [0.5, 0.6) is 0 Å². The van der Waals surface area contributed by atoms with Gasteiger partial charge in [0.15, 0.2) is 0 Å². The fourth-order valence-corrected chi connectivity index (χ4v) is 3.65. The molecule has 1 aliphatic heterocycles. The summed E-state index contributed by atoms with van der Waals surface area (Å²) in [6, 6.07) is 13.7. The van der Waals surface area contributed by atoms with Crippen LogP contribution in [0.2, 0.25) is 0 Å². The highest BCUT2D eigenvalue weighted by atomic mass is 32.2. The second-order valence-corrected chi connectivity index (χ2v) is 7.12. The summed E-state index contributed by atoms with van der Waals surface area (Å²) in [7, 11) is -4.28. The van der Waals surface area contributed by atoms with Crippen molar-refractivity contribution in [3.05, 3.63) is 59.8 Å². The molecule has 2 N–H and O–H groups in total. The molecule has 0 radical (unpaired) electrons. The molecule has 6 nitrogen and oxygen atoms in total. The Kier molecular flexibility index (Phi) is 3.22. The van der Waals surface area contributed by atoms with Crippen molar-refractivity contribution < 1.29 is 17.8 Å². The number of aromatic nitrogens is 1. The van der Waals surface area contributed by atoms with Gasteiger partial charge in [0.25, 0.3) is 16.0 Å². The lowest BCUT2D eigenvalue weighted by molar-refractivity contribution is 0.0976. The smallest absolute Gasteiger partial charge is 0.294 e. The minimum absolute atomic E-state index is 0.146. The molecular formula is C17H14N2O4S. The van der Waals surface area contributed by atoms with Gasteiger partial charge in [0.1, 0.15) is 5.69 Å². The van der Waals surface area contributed by atoms with E-state index in [-0.39, 0.29) is 10.8 Å². The molecule has 1 aliphatic rings. The molecule has 0 atom stereocenters. The molecule has 2 aromatic carbocycles. The van der Waals surface area contributed by atoms with Crippen LogP contribution >= 0.6 is 0 Å². The van der Waals surface area contributed by atoms with Crippen molar-refractivity contribution in [2.45, 2.75) is 11.3 Å². The summed E-state index contributed by atoms with van der Waals surface area (Å²) in [5.74, 6) is -0.146. The number of H-pyrrole nitrogens is 1. The Morgan fingerprint density at radius 1 is 1.08 bits per heavy atom. The van der Waals surface area contributed by atoms with E-state index in [2.05, 4.69) is 4.98 Å². The first kappa shape index (κ1) is 14.9. The Hall–Kier alpha value is -2.64. The highest BCUT2D eigenvalue weighted by Gasteiger charge is 2.29. The summed E-state index contributed by atoms with van der Waals surface area (Å²) in [5, 5.41) is 0.654. The van der Waals surface area contributed by atoms with Crippen molar-refractivity contribution in [3.8, 4) is 0 Å². The van der Waals surface area contributed by atoms with Gasteiger partial charge in [-0.1, -0.05) is 18.2 Å². The molecule has 0 bridgehead atoms. The van der Waals surface area contributed by atoms with E-state index in [1.165, 1.54) is 12.1 Å². The predicted molar refractivity (Wildman–Crippen MR) is 89.9 cm³/mol. The number of nitrogens with one attached hydrogen (secondary N) is 1. The summed E-state index contributed by atoms with van der Waals surface area (Å²) in [6.45, 7) is 0.513. The Bertz CT molecular complexity index is 1050. The maximum Gasteiger partial charge on any atom is 0.294 e. The van der Waals surface area contributed by atoms with Crippen LogP contribution in [0.15, 0.2) is 53.4 Å². The number of hydrogen-bond acceptors (Lipinski definition) is 3. The van der Waals surface area contributed by atoms with Gasteiger partial charge in [-0.15, -0.1) is 0 Å². The maximum atomic E-state index is 12.8. The lowest BCUT2D eigenvalue weighted by Crippen LogP contribution is -2.37. The van der Waals surface area contributed by atoms with E-state index in [0.29, 0.717) is 29.6 Å². The molecule has 0 fully saturated rings. The zero-order chi connectivity index (χ0) is 16.9. The van der Waals surface area contributed by atoms with Crippen LogP contribution in [-0.2, 0) is 16.5 Å². The van der Waals surface area contributed by atoms with Gasteiger partial charge in [0, 0.05) is 23.1 Å². The molecule has 0 saturated heterocycles. The number of hydrogen-bond donors (Lipinski definition) is 2. The van der Waals surface area contributed by atoms with Gasteiger partial charge >= 0.3 is 0 Å². The molecule has 2 heterocycles. The van der Waals surface area contributed by atoms with Crippen molar-refractivity contribution in [2.75, 3.05) is 11.4 Å². The summed E-state index contributed by atoms with van der Waals surface area (Å²) >= 11 is 0. The lowest BCUT2D eigenvalue weighted by Gasteiger charge is -2.26. The van der Waals surface area contributed by atoms with E-state index in [4.69, 9.17) is 0 Å². The Balaban J connectivity index is 1.83. The largest absolute Gasteiger partial charge is 0.350 e. The third-order valence-corrected chi connectivity index (χ3v) is 5.14. The van der Waals surface area contributed by atoms with Crippen LogP contribution in [0.25, 0.3) is 10.9 Å². The molecule has 1 amide bonds. The molecule has 0 unspecified atom stereocenters. The highest BCUT2D eigenvalue weighted by molar-refractivity contribution is 7.85. The van der Waals surface area contributed by atoms with Crippen molar-refractivity contribution in [1.82, 2.24) is 4.98 Å². The van der Waals surface area contributed by atoms with Crippen LogP contribution < -0.4 is 4.90 Å². The number of benzene rings is 2. The quantitative estimate of drug-likeness (QED) is 0.701.